The number of aromatic nitrogens is 2. The Morgan fingerprint density at radius 1 is 0.886 bits per heavy atom. The topological polar surface area (TPSA) is 41.3 Å². The number of piperidine rings is 1. The molecule has 0 unspecified atom stereocenters. The zero-order valence-electron chi connectivity index (χ0n) is 19.4. The first-order valence-electron chi connectivity index (χ1n) is 12.0. The number of hydrogen-bond donors (Lipinski definition) is 1. The van der Waals surface area contributed by atoms with Crippen molar-refractivity contribution >= 4 is 16.6 Å². The quantitative estimate of drug-likeness (QED) is 0.349. The number of aliphatic hydroxyl groups is 1. The summed E-state index contributed by atoms with van der Waals surface area (Å²) in [5, 5.41) is 14.1. The van der Waals surface area contributed by atoms with Crippen LogP contribution in [0.1, 0.15) is 30.4 Å². The van der Waals surface area contributed by atoms with Crippen molar-refractivity contribution in [2.75, 3.05) is 24.6 Å². The van der Waals surface area contributed by atoms with Crippen LogP contribution in [0.4, 0.5) is 18.9 Å². The first-order chi connectivity index (χ1) is 16.9. The van der Waals surface area contributed by atoms with Crippen LogP contribution in [0.2, 0.25) is 0 Å². The maximum atomic E-state index is 13.8. The number of fused-ring (bicyclic) bond motifs is 1. The lowest BCUT2D eigenvalue weighted by Crippen LogP contribution is -2.33. The maximum absolute atomic E-state index is 13.8. The summed E-state index contributed by atoms with van der Waals surface area (Å²) >= 11 is 0. The second-order valence-electron chi connectivity index (χ2n) is 9.18. The van der Waals surface area contributed by atoms with Gasteiger partial charge >= 0.3 is 6.18 Å². The van der Waals surface area contributed by atoms with Gasteiger partial charge in [-0.25, -0.2) is 0 Å². The third kappa shape index (κ3) is 4.91. The fourth-order valence-electron chi connectivity index (χ4n) is 5.05. The largest absolute Gasteiger partial charge is 0.418 e. The lowest BCUT2D eigenvalue weighted by atomic mass is 9.93. The van der Waals surface area contributed by atoms with Crippen LogP contribution in [-0.4, -0.2) is 34.6 Å². The molecule has 0 saturated carbocycles. The molecule has 0 bridgehead atoms. The summed E-state index contributed by atoms with van der Waals surface area (Å²) in [5.41, 5.74) is 2.85. The van der Waals surface area contributed by atoms with Crippen LogP contribution in [0.3, 0.4) is 0 Å². The van der Waals surface area contributed by atoms with E-state index in [0.717, 1.165) is 55.2 Å². The van der Waals surface area contributed by atoms with Crippen LogP contribution >= 0.6 is 0 Å². The second-order valence-corrected chi connectivity index (χ2v) is 9.18. The SMILES string of the molecule is OCCC1CCN(c2ccc(-c3c4cccc(C(F)(F)F)c4nn3Cc3ccccc3)cc2)CC1. The minimum absolute atomic E-state index is 0.0269. The molecular weight excluding hydrogens is 451 g/mol. The van der Waals surface area contributed by atoms with Gasteiger partial charge in [0.05, 0.1) is 17.8 Å². The summed E-state index contributed by atoms with van der Waals surface area (Å²) in [7, 11) is 0. The number of benzene rings is 3. The fourth-order valence-corrected chi connectivity index (χ4v) is 5.05. The molecule has 1 aliphatic heterocycles. The third-order valence-electron chi connectivity index (χ3n) is 6.91. The Balaban J connectivity index is 1.52. The van der Waals surface area contributed by atoms with Crippen molar-refractivity contribution in [2.45, 2.75) is 32.0 Å². The van der Waals surface area contributed by atoms with Gasteiger partial charge in [-0.2, -0.15) is 18.3 Å². The van der Waals surface area contributed by atoms with Crippen molar-refractivity contribution in [1.82, 2.24) is 9.78 Å². The van der Waals surface area contributed by atoms with Crippen LogP contribution in [-0.2, 0) is 12.7 Å². The minimum Gasteiger partial charge on any atom is -0.396 e. The summed E-state index contributed by atoms with van der Waals surface area (Å²) in [5.74, 6) is 0.567. The summed E-state index contributed by atoms with van der Waals surface area (Å²) < 4.78 is 42.9. The molecule has 1 N–H and O–H groups in total. The first-order valence-corrected chi connectivity index (χ1v) is 12.0. The first kappa shape index (κ1) is 23.4. The van der Waals surface area contributed by atoms with Crippen LogP contribution in [0.25, 0.3) is 22.2 Å². The zero-order chi connectivity index (χ0) is 24.4. The lowest BCUT2D eigenvalue weighted by molar-refractivity contribution is -0.136. The third-order valence-corrected chi connectivity index (χ3v) is 6.91. The van der Waals surface area contributed by atoms with Gasteiger partial charge in [0, 0.05) is 36.3 Å². The van der Waals surface area contributed by atoms with Gasteiger partial charge in [-0.15, -0.1) is 0 Å². The summed E-state index contributed by atoms with van der Waals surface area (Å²) in [6, 6.07) is 21.9. The number of halogens is 3. The van der Waals surface area contributed by atoms with E-state index < -0.39 is 11.7 Å². The predicted molar refractivity (Wildman–Crippen MR) is 132 cm³/mol. The monoisotopic (exact) mass is 479 g/mol. The molecule has 7 heteroatoms. The lowest BCUT2D eigenvalue weighted by Gasteiger charge is -2.33. The smallest absolute Gasteiger partial charge is 0.396 e. The second kappa shape index (κ2) is 9.74. The number of aliphatic hydroxyl groups excluding tert-OH is 1. The van der Waals surface area contributed by atoms with E-state index in [1.807, 2.05) is 54.6 Å². The molecule has 3 aromatic carbocycles. The van der Waals surface area contributed by atoms with Crippen molar-refractivity contribution in [3.63, 3.8) is 0 Å². The van der Waals surface area contributed by atoms with Gasteiger partial charge in [-0.3, -0.25) is 4.68 Å². The highest BCUT2D eigenvalue weighted by molar-refractivity contribution is 5.95. The summed E-state index contributed by atoms with van der Waals surface area (Å²) in [6.07, 6.45) is -1.52. The molecule has 4 nitrogen and oxygen atoms in total. The van der Waals surface area contributed by atoms with Gasteiger partial charge in [0.2, 0.25) is 0 Å². The van der Waals surface area contributed by atoms with E-state index in [2.05, 4.69) is 10.00 Å². The highest BCUT2D eigenvalue weighted by Crippen LogP contribution is 2.38. The van der Waals surface area contributed by atoms with E-state index >= 15 is 0 Å². The Morgan fingerprint density at radius 2 is 1.60 bits per heavy atom. The van der Waals surface area contributed by atoms with E-state index in [1.54, 1.807) is 10.7 Å². The molecule has 1 saturated heterocycles. The van der Waals surface area contributed by atoms with Crippen molar-refractivity contribution in [2.24, 2.45) is 5.92 Å². The minimum atomic E-state index is -4.48. The molecule has 1 fully saturated rings. The number of alkyl halides is 3. The van der Waals surface area contributed by atoms with Gasteiger partial charge in [0.25, 0.3) is 0 Å². The Kier molecular flexibility index (Phi) is 6.52. The molecule has 0 atom stereocenters. The average Bonchev–Trinajstić information content (AvgIpc) is 3.22. The Hall–Kier alpha value is -3.32. The van der Waals surface area contributed by atoms with Crippen molar-refractivity contribution in [3.05, 3.63) is 83.9 Å². The summed E-state index contributed by atoms with van der Waals surface area (Å²) in [6.45, 7) is 2.49. The van der Waals surface area contributed by atoms with Gasteiger partial charge in [-0.05, 0) is 48.9 Å². The molecule has 1 aromatic heterocycles. The van der Waals surface area contributed by atoms with Gasteiger partial charge in [-0.1, -0.05) is 54.6 Å². The average molecular weight is 480 g/mol. The molecule has 2 heterocycles. The van der Waals surface area contributed by atoms with Crippen LogP contribution in [0, 0.1) is 5.92 Å². The molecule has 182 valence electrons. The molecular formula is C28H28F3N3O. The van der Waals surface area contributed by atoms with Crippen LogP contribution < -0.4 is 4.90 Å². The van der Waals surface area contributed by atoms with Gasteiger partial charge in [0.1, 0.15) is 5.52 Å². The molecule has 0 aliphatic carbocycles. The van der Waals surface area contributed by atoms with Crippen LogP contribution in [0.15, 0.2) is 72.8 Å². The highest BCUT2D eigenvalue weighted by atomic mass is 19.4. The van der Waals surface area contributed by atoms with E-state index in [0.29, 0.717) is 23.5 Å². The molecule has 0 radical (unpaired) electrons. The number of nitrogens with zero attached hydrogens (tertiary/aromatic N) is 3. The Bertz CT molecular complexity index is 1270. The molecule has 1 aliphatic rings. The van der Waals surface area contributed by atoms with Crippen molar-refractivity contribution in [3.8, 4) is 11.3 Å². The fraction of sp³-hybridized carbons (Fsp3) is 0.321. The Labute approximate surface area is 202 Å². The highest BCUT2D eigenvalue weighted by Gasteiger charge is 2.34. The van der Waals surface area contributed by atoms with Crippen molar-refractivity contribution in [1.29, 1.82) is 0 Å². The maximum Gasteiger partial charge on any atom is 0.418 e. The molecule has 0 amide bonds. The standard InChI is InChI=1S/C28H28F3N3O/c29-28(30,31)25-8-4-7-24-26(25)32-34(19-21-5-2-1-3-6-21)27(24)22-9-11-23(12-10-22)33-16-13-20(14-17-33)15-18-35/h1-12,20,35H,13-19H2. The Morgan fingerprint density at radius 3 is 2.26 bits per heavy atom. The van der Waals surface area contributed by atoms with Gasteiger partial charge in [0.15, 0.2) is 0 Å². The van der Waals surface area contributed by atoms with E-state index in [-0.39, 0.29) is 12.1 Å². The molecule has 35 heavy (non-hydrogen) atoms. The number of hydrogen-bond acceptors (Lipinski definition) is 3. The normalized spacial score (nSPS) is 15.1. The predicted octanol–water partition coefficient (Wildman–Crippen LogP) is 6.37. The van der Waals surface area contributed by atoms with E-state index in [1.165, 1.54) is 6.07 Å². The van der Waals surface area contributed by atoms with Crippen LogP contribution in [0.5, 0.6) is 0 Å². The van der Waals surface area contributed by atoms with Gasteiger partial charge < -0.3 is 10.0 Å². The zero-order valence-corrected chi connectivity index (χ0v) is 19.4. The van der Waals surface area contributed by atoms with E-state index in [4.69, 9.17) is 0 Å². The summed E-state index contributed by atoms with van der Waals surface area (Å²) in [4.78, 5) is 2.33. The molecule has 4 aromatic rings. The van der Waals surface area contributed by atoms with E-state index in [9.17, 15) is 18.3 Å². The molecule has 0 spiro atoms. The van der Waals surface area contributed by atoms with Crippen molar-refractivity contribution < 1.29 is 18.3 Å². The number of anilines is 1. The number of rotatable bonds is 6. The molecule has 5 rings (SSSR count).